The molecule has 0 bridgehead atoms. The van der Waals surface area contributed by atoms with E-state index in [9.17, 15) is 0 Å². The van der Waals surface area contributed by atoms with Gasteiger partial charge in [0.15, 0.2) is 5.65 Å². The molecular formula is C16H15BrCl3N5. The highest BCUT2D eigenvalue weighted by molar-refractivity contribution is 9.10. The van der Waals surface area contributed by atoms with Crippen molar-refractivity contribution in [1.82, 2.24) is 20.3 Å². The van der Waals surface area contributed by atoms with E-state index in [-0.39, 0.29) is 0 Å². The number of hydrogen-bond donors (Lipinski definition) is 2. The number of pyridine rings is 1. The smallest absolute Gasteiger partial charge is 0.205 e. The minimum Gasteiger partial charge on any atom is -0.344 e. The Labute approximate surface area is 168 Å². The first-order valence-electron chi connectivity index (χ1n) is 7.51. The monoisotopic (exact) mass is 461 g/mol. The third kappa shape index (κ3) is 4.77. The number of nitrogens with zero attached hydrogens (tertiary/aromatic N) is 3. The maximum Gasteiger partial charge on any atom is 0.205 e. The molecule has 5 nitrogen and oxygen atoms in total. The summed E-state index contributed by atoms with van der Waals surface area (Å²) in [6, 6.07) is 7.39. The summed E-state index contributed by atoms with van der Waals surface area (Å²) < 4.78 is 0.737. The van der Waals surface area contributed by atoms with Crippen molar-refractivity contribution in [3.8, 4) is 0 Å². The van der Waals surface area contributed by atoms with Gasteiger partial charge in [-0.1, -0.05) is 34.8 Å². The lowest BCUT2D eigenvalue weighted by Crippen LogP contribution is -2.29. The molecule has 1 aromatic carbocycles. The van der Waals surface area contributed by atoms with Crippen LogP contribution in [-0.2, 0) is 6.54 Å². The van der Waals surface area contributed by atoms with Crippen molar-refractivity contribution in [2.45, 2.75) is 6.54 Å². The molecule has 25 heavy (non-hydrogen) atoms. The van der Waals surface area contributed by atoms with Gasteiger partial charge >= 0.3 is 0 Å². The van der Waals surface area contributed by atoms with E-state index >= 15 is 0 Å². The van der Waals surface area contributed by atoms with Crippen LogP contribution in [0.5, 0.6) is 0 Å². The van der Waals surface area contributed by atoms with Crippen LogP contribution in [0.1, 0.15) is 5.56 Å². The van der Waals surface area contributed by atoms with Gasteiger partial charge in [-0.15, -0.1) is 0 Å². The topological polar surface area (TPSA) is 56.8 Å². The largest absolute Gasteiger partial charge is 0.344 e. The van der Waals surface area contributed by atoms with Crippen LogP contribution >= 0.6 is 50.7 Å². The second kappa shape index (κ2) is 8.10. The normalized spacial score (nSPS) is 11.2. The predicted octanol–water partition coefficient (Wildman–Crippen LogP) is 4.91. The maximum atomic E-state index is 6.01. The fourth-order valence-corrected chi connectivity index (χ4v) is 3.39. The molecule has 0 aliphatic heterocycles. The molecule has 0 spiro atoms. The van der Waals surface area contributed by atoms with Gasteiger partial charge in [-0.3, -0.25) is 0 Å². The predicted molar refractivity (Wildman–Crippen MR) is 108 cm³/mol. The van der Waals surface area contributed by atoms with E-state index in [1.54, 1.807) is 6.07 Å². The molecule has 0 unspecified atom stereocenters. The van der Waals surface area contributed by atoms with Crippen molar-refractivity contribution in [2.75, 3.05) is 25.0 Å². The lowest BCUT2D eigenvalue weighted by molar-refractivity contribution is 0.675. The fraction of sp³-hybridized carbons (Fsp3) is 0.250. The first-order valence-corrected chi connectivity index (χ1v) is 9.43. The Kier molecular flexibility index (Phi) is 6.07. The Morgan fingerprint density at radius 2 is 1.84 bits per heavy atom. The van der Waals surface area contributed by atoms with E-state index < -0.39 is 0 Å². The van der Waals surface area contributed by atoms with Crippen LogP contribution in [0.3, 0.4) is 0 Å². The molecule has 2 aromatic heterocycles. The number of imidazole rings is 1. The highest BCUT2D eigenvalue weighted by Crippen LogP contribution is 2.25. The molecule has 3 rings (SSSR count). The minimum absolute atomic E-state index is 0.398. The first kappa shape index (κ1) is 18.7. The molecule has 3 aromatic rings. The Hall–Kier alpha value is -1.05. The van der Waals surface area contributed by atoms with Crippen LogP contribution < -0.4 is 10.2 Å². The van der Waals surface area contributed by atoms with Gasteiger partial charge in [0.25, 0.3) is 0 Å². The highest BCUT2D eigenvalue weighted by atomic mass is 79.9. The zero-order chi connectivity index (χ0) is 18.0. The molecule has 132 valence electrons. The van der Waals surface area contributed by atoms with Crippen LogP contribution in [-0.4, -0.2) is 35.1 Å². The van der Waals surface area contributed by atoms with E-state index in [0.717, 1.165) is 34.6 Å². The first-order chi connectivity index (χ1) is 11.9. The van der Waals surface area contributed by atoms with Gasteiger partial charge < -0.3 is 15.2 Å². The van der Waals surface area contributed by atoms with Crippen molar-refractivity contribution in [1.29, 1.82) is 0 Å². The van der Waals surface area contributed by atoms with Crippen molar-refractivity contribution >= 4 is 67.8 Å². The Morgan fingerprint density at radius 3 is 2.56 bits per heavy atom. The molecule has 0 fully saturated rings. The number of fused-ring (bicyclic) bond motifs is 1. The van der Waals surface area contributed by atoms with E-state index in [2.05, 4.69) is 36.2 Å². The fourth-order valence-electron chi connectivity index (χ4n) is 2.36. The van der Waals surface area contributed by atoms with Gasteiger partial charge in [0.2, 0.25) is 5.95 Å². The molecule has 0 aliphatic carbocycles. The van der Waals surface area contributed by atoms with Crippen LogP contribution in [0.4, 0.5) is 5.95 Å². The highest BCUT2D eigenvalue weighted by Gasteiger charge is 2.10. The molecule has 0 aliphatic rings. The summed E-state index contributed by atoms with van der Waals surface area (Å²) in [6.45, 7) is 2.23. The van der Waals surface area contributed by atoms with E-state index in [1.165, 1.54) is 0 Å². The zero-order valence-electron chi connectivity index (χ0n) is 13.3. The average Bonchev–Trinajstić information content (AvgIpc) is 2.94. The zero-order valence-corrected chi connectivity index (χ0v) is 17.1. The average molecular weight is 464 g/mol. The van der Waals surface area contributed by atoms with E-state index in [4.69, 9.17) is 34.8 Å². The third-order valence-electron chi connectivity index (χ3n) is 3.61. The van der Waals surface area contributed by atoms with Crippen molar-refractivity contribution < 1.29 is 0 Å². The number of hydrogen-bond acceptors (Lipinski definition) is 4. The summed E-state index contributed by atoms with van der Waals surface area (Å²) in [5.41, 5.74) is 2.48. The summed E-state index contributed by atoms with van der Waals surface area (Å²) >= 11 is 21.4. The summed E-state index contributed by atoms with van der Waals surface area (Å²) in [7, 11) is 1.96. The van der Waals surface area contributed by atoms with Gasteiger partial charge in [-0.05, 0) is 45.8 Å². The molecule has 9 heteroatoms. The second-order valence-corrected chi connectivity index (χ2v) is 7.65. The van der Waals surface area contributed by atoms with Gasteiger partial charge in [-0.25, -0.2) is 4.98 Å². The lowest BCUT2D eigenvalue weighted by Gasteiger charge is -2.16. The summed E-state index contributed by atoms with van der Waals surface area (Å²) in [6.07, 6.45) is 0. The number of nitrogens with one attached hydrogen (secondary N) is 2. The third-order valence-corrected chi connectivity index (χ3v) is 5.17. The number of H-pyrrole nitrogens is 1. The van der Waals surface area contributed by atoms with Gasteiger partial charge in [0.05, 0.1) is 9.99 Å². The molecule has 0 atom stereocenters. The number of halogens is 4. The summed E-state index contributed by atoms with van der Waals surface area (Å²) in [5, 5.41) is 5.04. The molecular weight excluding hydrogens is 448 g/mol. The van der Waals surface area contributed by atoms with Crippen LogP contribution in [0.2, 0.25) is 15.2 Å². The quantitative estimate of drug-likeness (QED) is 0.403. The Bertz CT molecular complexity index is 840. The van der Waals surface area contributed by atoms with Crippen molar-refractivity contribution in [3.63, 3.8) is 0 Å². The van der Waals surface area contributed by atoms with E-state index in [1.807, 2.05) is 30.1 Å². The van der Waals surface area contributed by atoms with Gasteiger partial charge in [0, 0.05) is 36.7 Å². The molecule has 2 heterocycles. The molecule has 0 radical (unpaired) electrons. The maximum absolute atomic E-state index is 6.01. The molecule has 2 N–H and O–H groups in total. The number of anilines is 1. The van der Waals surface area contributed by atoms with Crippen molar-refractivity contribution in [3.05, 3.63) is 49.5 Å². The minimum atomic E-state index is 0.398. The van der Waals surface area contributed by atoms with Gasteiger partial charge in [-0.2, -0.15) is 4.98 Å². The summed E-state index contributed by atoms with van der Waals surface area (Å²) in [5.74, 6) is 0.740. The standard InChI is InChI=1S/C16H15BrCl3N5/c1-25(3-2-21-8-9-4-10(18)6-11(19)5-9)16-22-13-7-12(17)14(20)23-15(13)24-16/h4-7,21H,2-3,8H2,1H3,(H,22,23,24). The Balaban J connectivity index is 1.56. The van der Waals surface area contributed by atoms with Gasteiger partial charge in [0.1, 0.15) is 5.15 Å². The van der Waals surface area contributed by atoms with Crippen LogP contribution in [0.25, 0.3) is 11.2 Å². The molecule has 0 saturated heterocycles. The molecule has 0 saturated carbocycles. The van der Waals surface area contributed by atoms with Crippen LogP contribution in [0, 0.1) is 0 Å². The van der Waals surface area contributed by atoms with Crippen molar-refractivity contribution in [2.24, 2.45) is 0 Å². The second-order valence-electron chi connectivity index (χ2n) is 5.57. The SMILES string of the molecule is CN(CCNCc1cc(Cl)cc(Cl)c1)c1nc2nc(Cl)c(Br)cc2[nH]1. The Morgan fingerprint density at radius 1 is 1.12 bits per heavy atom. The number of rotatable bonds is 6. The number of aromatic nitrogens is 3. The molecule has 0 amide bonds. The van der Waals surface area contributed by atoms with E-state index in [0.29, 0.717) is 27.4 Å². The number of likely N-dealkylation sites (N-methyl/N-ethyl adjacent to an activating group) is 1. The summed E-state index contributed by atoms with van der Waals surface area (Å²) in [4.78, 5) is 14.0. The number of aromatic amines is 1. The lowest BCUT2D eigenvalue weighted by atomic mass is 10.2. The number of benzene rings is 1. The van der Waals surface area contributed by atoms with Crippen LogP contribution in [0.15, 0.2) is 28.7 Å².